The lowest BCUT2D eigenvalue weighted by Crippen LogP contribution is -2.55. The number of aromatic nitrogens is 1. The van der Waals surface area contributed by atoms with E-state index in [2.05, 4.69) is 10.3 Å². The van der Waals surface area contributed by atoms with E-state index in [-0.39, 0.29) is 29.6 Å². The molecule has 3 amide bonds. The Bertz CT molecular complexity index is 1590. The van der Waals surface area contributed by atoms with Crippen LogP contribution in [0.1, 0.15) is 65.6 Å². The van der Waals surface area contributed by atoms with E-state index in [1.807, 2.05) is 32.9 Å². The molecule has 43 heavy (non-hydrogen) atoms. The zero-order valence-corrected chi connectivity index (χ0v) is 25.3. The third-order valence-corrected chi connectivity index (χ3v) is 7.91. The number of aliphatic imine (C=N–C) groups is 1. The number of thiazole rings is 1. The fraction of sp³-hybridized carbons (Fsp3) is 0.333. The van der Waals surface area contributed by atoms with E-state index >= 15 is 0 Å². The molecule has 1 saturated heterocycles. The van der Waals surface area contributed by atoms with E-state index in [4.69, 9.17) is 21.3 Å². The maximum Gasteiger partial charge on any atom is 0.326 e. The number of carboxylic acids is 1. The van der Waals surface area contributed by atoms with E-state index in [0.717, 1.165) is 10.4 Å². The summed E-state index contributed by atoms with van der Waals surface area (Å²) in [4.78, 5) is 63.8. The second-order valence-corrected chi connectivity index (χ2v) is 12.5. The first-order valence-electron chi connectivity index (χ1n) is 13.6. The Morgan fingerprint density at radius 2 is 1.91 bits per heavy atom. The third kappa shape index (κ3) is 6.70. The van der Waals surface area contributed by atoms with Gasteiger partial charge in [0, 0.05) is 29.9 Å². The molecule has 2 aliphatic heterocycles. The predicted molar refractivity (Wildman–Crippen MR) is 161 cm³/mol. The largest absolute Gasteiger partial charge is 0.487 e. The predicted octanol–water partition coefficient (Wildman–Crippen LogP) is 4.73. The summed E-state index contributed by atoms with van der Waals surface area (Å²) < 4.78 is 6.29. The van der Waals surface area contributed by atoms with Gasteiger partial charge in [0.1, 0.15) is 42.2 Å². The van der Waals surface area contributed by atoms with Crippen molar-refractivity contribution in [2.75, 3.05) is 19.6 Å². The summed E-state index contributed by atoms with van der Waals surface area (Å²) in [5.41, 5.74) is 2.36. The average Bonchev–Trinajstić information content (AvgIpc) is 3.60. The van der Waals surface area contributed by atoms with Crippen LogP contribution in [0.2, 0.25) is 5.02 Å². The number of halogens is 1. The van der Waals surface area contributed by atoms with Gasteiger partial charge in [-0.15, -0.1) is 11.3 Å². The summed E-state index contributed by atoms with van der Waals surface area (Å²) >= 11 is 7.57. The van der Waals surface area contributed by atoms with Crippen LogP contribution in [0.3, 0.4) is 0 Å². The number of hydrogen-bond acceptors (Lipinski definition) is 8. The molecule has 1 fully saturated rings. The molecule has 2 N–H and O–H groups in total. The topological polar surface area (TPSA) is 142 Å². The highest BCUT2D eigenvalue weighted by atomic mass is 35.5. The molecule has 2 atom stereocenters. The molecule has 13 heteroatoms. The van der Waals surface area contributed by atoms with Gasteiger partial charge in [0.15, 0.2) is 5.78 Å². The Hall–Kier alpha value is -4.29. The molecule has 5 rings (SSSR count). The standard InChI is InChI=1S/C30H30ClN5O6S/c1-30(2,3)42-22-12-18(21(37)13-25(39)40)6-9-20(22)28-34-26(17-4-7-19(31)8-5-17)27(23-14-32-16-43-23)36(28)29(41)35-11-10-33-24(38)15-35/h4-9,12,14,16,26-27H,10-11,13,15H2,1-3H3,(H,33,38)(H,39,40). The number of carboxylic acid groups (broad SMARTS) is 1. The van der Waals surface area contributed by atoms with Crippen molar-refractivity contribution in [3.05, 3.63) is 80.8 Å². The number of ether oxygens (including phenoxy) is 1. The van der Waals surface area contributed by atoms with Crippen molar-refractivity contribution in [2.45, 2.75) is 44.9 Å². The van der Waals surface area contributed by atoms with Crippen LogP contribution in [0, 0.1) is 0 Å². The quantitative estimate of drug-likeness (QED) is 0.286. The van der Waals surface area contributed by atoms with Crippen LogP contribution in [0.4, 0.5) is 4.79 Å². The molecule has 2 aliphatic rings. The molecular weight excluding hydrogens is 594 g/mol. The number of carbonyl (C=O) groups is 4. The Morgan fingerprint density at radius 1 is 1.16 bits per heavy atom. The van der Waals surface area contributed by atoms with E-state index in [0.29, 0.717) is 23.7 Å². The highest BCUT2D eigenvalue weighted by Gasteiger charge is 2.46. The van der Waals surface area contributed by atoms with Gasteiger partial charge in [0.25, 0.3) is 0 Å². The van der Waals surface area contributed by atoms with Gasteiger partial charge in [-0.2, -0.15) is 0 Å². The molecule has 224 valence electrons. The molecular formula is C30H30ClN5O6S. The van der Waals surface area contributed by atoms with Crippen molar-refractivity contribution >= 4 is 52.5 Å². The highest BCUT2D eigenvalue weighted by Crippen LogP contribution is 2.46. The van der Waals surface area contributed by atoms with Crippen molar-refractivity contribution in [3.8, 4) is 5.75 Å². The smallest absolute Gasteiger partial charge is 0.326 e. The van der Waals surface area contributed by atoms with Crippen LogP contribution in [0.15, 0.2) is 59.2 Å². The van der Waals surface area contributed by atoms with Gasteiger partial charge in [-0.1, -0.05) is 29.8 Å². The Labute approximate surface area is 257 Å². The fourth-order valence-electron chi connectivity index (χ4n) is 5.01. The van der Waals surface area contributed by atoms with Crippen molar-refractivity contribution in [1.29, 1.82) is 0 Å². The molecule has 3 heterocycles. The van der Waals surface area contributed by atoms with Crippen LogP contribution in [-0.4, -0.2) is 74.7 Å². The second-order valence-electron chi connectivity index (χ2n) is 11.1. The maximum atomic E-state index is 14.4. The Balaban J connectivity index is 1.69. The van der Waals surface area contributed by atoms with E-state index in [9.17, 15) is 24.3 Å². The number of piperazine rings is 1. The number of amides is 3. The molecule has 0 aliphatic carbocycles. The number of carbonyl (C=O) groups excluding carboxylic acids is 3. The van der Waals surface area contributed by atoms with Gasteiger partial charge in [-0.05, 0) is 50.6 Å². The summed E-state index contributed by atoms with van der Waals surface area (Å²) in [5, 5.41) is 12.5. The first-order valence-corrected chi connectivity index (χ1v) is 14.8. The zero-order chi connectivity index (χ0) is 30.9. The van der Waals surface area contributed by atoms with Crippen LogP contribution in [0.5, 0.6) is 5.75 Å². The van der Waals surface area contributed by atoms with Crippen molar-refractivity contribution in [1.82, 2.24) is 20.1 Å². The van der Waals surface area contributed by atoms with Crippen LogP contribution in [0.25, 0.3) is 0 Å². The van der Waals surface area contributed by atoms with Crippen LogP contribution in [-0.2, 0) is 9.59 Å². The zero-order valence-electron chi connectivity index (χ0n) is 23.7. The number of nitrogens with one attached hydrogen (secondary N) is 1. The Morgan fingerprint density at radius 3 is 2.53 bits per heavy atom. The number of aliphatic carboxylic acids is 1. The summed E-state index contributed by atoms with van der Waals surface area (Å²) in [6, 6.07) is 10.2. The van der Waals surface area contributed by atoms with E-state index in [1.54, 1.807) is 34.8 Å². The molecule has 2 unspecified atom stereocenters. The average molecular weight is 624 g/mol. The molecule has 3 aromatic rings. The number of nitrogens with zero attached hydrogens (tertiary/aromatic N) is 4. The number of benzene rings is 2. The lowest BCUT2D eigenvalue weighted by Gasteiger charge is -2.35. The normalized spacial score (nSPS) is 18.7. The van der Waals surface area contributed by atoms with E-state index < -0.39 is 41.9 Å². The summed E-state index contributed by atoms with van der Waals surface area (Å²) in [6.45, 7) is 6.02. The minimum absolute atomic E-state index is 0.113. The lowest BCUT2D eigenvalue weighted by atomic mass is 9.99. The van der Waals surface area contributed by atoms with Crippen molar-refractivity contribution in [2.24, 2.45) is 4.99 Å². The van der Waals surface area contributed by atoms with Gasteiger partial charge in [0.2, 0.25) is 5.91 Å². The van der Waals surface area contributed by atoms with Gasteiger partial charge in [-0.25, -0.2) is 4.79 Å². The van der Waals surface area contributed by atoms with Crippen LogP contribution < -0.4 is 10.1 Å². The monoisotopic (exact) mass is 623 g/mol. The molecule has 0 radical (unpaired) electrons. The van der Waals surface area contributed by atoms with Gasteiger partial charge >= 0.3 is 12.0 Å². The summed E-state index contributed by atoms with van der Waals surface area (Å²) in [5.74, 6) is -1.55. The first-order chi connectivity index (χ1) is 20.4. The number of amidine groups is 1. The van der Waals surface area contributed by atoms with Gasteiger partial charge < -0.3 is 20.1 Å². The number of urea groups is 1. The molecule has 0 bridgehead atoms. The number of Topliss-reactive ketones (excluding diaryl/α,β-unsaturated/α-hetero) is 1. The maximum absolute atomic E-state index is 14.4. The molecule has 2 aromatic carbocycles. The van der Waals surface area contributed by atoms with Crippen LogP contribution >= 0.6 is 22.9 Å². The van der Waals surface area contributed by atoms with Gasteiger partial charge in [-0.3, -0.25) is 29.3 Å². The molecule has 0 saturated carbocycles. The summed E-state index contributed by atoms with van der Waals surface area (Å²) in [7, 11) is 0. The lowest BCUT2D eigenvalue weighted by molar-refractivity contribution is -0.136. The van der Waals surface area contributed by atoms with Crippen molar-refractivity contribution < 1.29 is 29.0 Å². The highest BCUT2D eigenvalue weighted by molar-refractivity contribution is 7.09. The SMILES string of the molecule is CC(C)(C)Oc1cc(C(=O)CC(=O)O)ccc1C1=NC(c2ccc(Cl)cc2)C(c2cncs2)N1C(=O)N1CCNC(=O)C1. The number of rotatable bonds is 7. The Kier molecular flexibility index (Phi) is 8.52. The van der Waals surface area contributed by atoms with Gasteiger partial charge in [0.05, 0.1) is 16.0 Å². The number of ketones is 1. The number of hydrogen-bond donors (Lipinski definition) is 2. The molecule has 11 nitrogen and oxygen atoms in total. The first kappa shape index (κ1) is 30.2. The molecule has 1 aromatic heterocycles. The molecule has 0 spiro atoms. The fourth-order valence-corrected chi connectivity index (χ4v) is 5.87. The summed E-state index contributed by atoms with van der Waals surface area (Å²) in [6.07, 6.45) is 1.02. The van der Waals surface area contributed by atoms with Crippen molar-refractivity contribution in [3.63, 3.8) is 0 Å². The minimum atomic E-state index is -1.24. The van der Waals surface area contributed by atoms with E-state index in [1.165, 1.54) is 28.4 Å². The second kappa shape index (κ2) is 12.1. The minimum Gasteiger partial charge on any atom is -0.487 e. The third-order valence-electron chi connectivity index (χ3n) is 6.81.